The fourth-order valence-electron chi connectivity index (χ4n) is 2.85. The van der Waals surface area contributed by atoms with Gasteiger partial charge in [0.15, 0.2) is 0 Å². The molecule has 2 aromatic carbocycles. The topological polar surface area (TPSA) is 122 Å². The molecule has 27 heavy (non-hydrogen) atoms. The highest BCUT2D eigenvalue weighted by atomic mass is 16.1. The van der Waals surface area contributed by atoms with Gasteiger partial charge in [0.05, 0.1) is 11.6 Å². The van der Waals surface area contributed by atoms with E-state index in [0.29, 0.717) is 42.6 Å². The lowest BCUT2D eigenvalue weighted by Gasteiger charge is -2.12. The zero-order chi connectivity index (χ0) is 19.8. The van der Waals surface area contributed by atoms with Crippen LogP contribution in [0.2, 0.25) is 0 Å². The Morgan fingerprint density at radius 3 is 2.44 bits per heavy atom. The number of carbonyl (C=O) groups is 2. The van der Waals surface area contributed by atoms with Crippen molar-refractivity contribution in [3.05, 3.63) is 47.5 Å². The Morgan fingerprint density at radius 2 is 1.78 bits per heavy atom. The molecule has 6 nitrogen and oxygen atoms in total. The molecule has 0 saturated heterocycles. The van der Waals surface area contributed by atoms with Gasteiger partial charge < -0.3 is 16.8 Å². The maximum absolute atomic E-state index is 12.1. The summed E-state index contributed by atoms with van der Waals surface area (Å²) in [4.78, 5) is 22.8. The first-order valence-electron chi connectivity index (χ1n) is 8.89. The van der Waals surface area contributed by atoms with Crippen LogP contribution in [0.15, 0.2) is 36.4 Å². The van der Waals surface area contributed by atoms with E-state index in [2.05, 4.69) is 11.4 Å². The summed E-state index contributed by atoms with van der Waals surface area (Å²) in [5.41, 5.74) is 15.7. The number of benzene rings is 2. The molecule has 2 aromatic rings. The van der Waals surface area contributed by atoms with Crippen molar-refractivity contribution < 1.29 is 9.59 Å². The second-order valence-electron chi connectivity index (χ2n) is 6.52. The first kappa shape index (κ1) is 20.0. The number of carbonyl (C=O) groups excluding carboxylic acids is 2. The smallest absolute Gasteiger partial charge is 0.224 e. The molecule has 140 valence electrons. The maximum atomic E-state index is 12.1. The Morgan fingerprint density at radius 1 is 1.04 bits per heavy atom. The summed E-state index contributed by atoms with van der Waals surface area (Å²) in [5.74, 6) is -0.384. The minimum atomic E-state index is -0.311. The third kappa shape index (κ3) is 5.86. The van der Waals surface area contributed by atoms with Crippen molar-refractivity contribution in [2.24, 2.45) is 5.73 Å². The molecular formula is C21H24N4O2. The molecule has 0 bridgehead atoms. The van der Waals surface area contributed by atoms with E-state index in [-0.39, 0.29) is 11.8 Å². The van der Waals surface area contributed by atoms with Gasteiger partial charge in [-0.1, -0.05) is 18.6 Å². The third-order valence-electron chi connectivity index (χ3n) is 4.32. The first-order chi connectivity index (χ1) is 12.9. The van der Waals surface area contributed by atoms with E-state index < -0.39 is 0 Å². The van der Waals surface area contributed by atoms with Gasteiger partial charge >= 0.3 is 0 Å². The summed E-state index contributed by atoms with van der Waals surface area (Å²) < 4.78 is 0. The summed E-state index contributed by atoms with van der Waals surface area (Å²) in [6.07, 6.45) is 2.95. The highest BCUT2D eigenvalue weighted by Crippen LogP contribution is 2.31. The molecule has 0 radical (unpaired) electrons. The van der Waals surface area contributed by atoms with Gasteiger partial charge in [-0.2, -0.15) is 5.26 Å². The van der Waals surface area contributed by atoms with Gasteiger partial charge in [-0.3, -0.25) is 9.59 Å². The summed E-state index contributed by atoms with van der Waals surface area (Å²) >= 11 is 0. The molecule has 6 heteroatoms. The molecule has 0 aliphatic rings. The Kier molecular flexibility index (Phi) is 6.95. The molecule has 2 amide bonds. The predicted octanol–water partition coefficient (Wildman–Crippen LogP) is 3.49. The molecule has 0 spiro atoms. The van der Waals surface area contributed by atoms with Crippen LogP contribution in [0, 0.1) is 18.3 Å². The van der Waals surface area contributed by atoms with Crippen molar-refractivity contribution in [2.45, 2.75) is 39.0 Å². The van der Waals surface area contributed by atoms with Crippen LogP contribution in [0.3, 0.4) is 0 Å². The number of anilines is 2. The van der Waals surface area contributed by atoms with Crippen molar-refractivity contribution in [3.8, 4) is 17.2 Å². The molecule has 0 saturated carbocycles. The molecule has 0 aliphatic carbocycles. The molecule has 0 heterocycles. The summed E-state index contributed by atoms with van der Waals surface area (Å²) in [6, 6.07) is 12.9. The van der Waals surface area contributed by atoms with Crippen LogP contribution in [0.1, 0.15) is 43.2 Å². The maximum Gasteiger partial charge on any atom is 0.224 e. The second-order valence-corrected chi connectivity index (χ2v) is 6.52. The Hall–Kier alpha value is -3.33. The molecule has 0 aliphatic heterocycles. The van der Waals surface area contributed by atoms with Crippen molar-refractivity contribution in [2.75, 3.05) is 11.1 Å². The van der Waals surface area contributed by atoms with Crippen LogP contribution in [-0.4, -0.2) is 11.8 Å². The summed E-state index contributed by atoms with van der Waals surface area (Å²) in [7, 11) is 0. The molecular weight excluding hydrogens is 340 g/mol. The van der Waals surface area contributed by atoms with Gasteiger partial charge in [-0.25, -0.2) is 0 Å². The van der Waals surface area contributed by atoms with Gasteiger partial charge in [-0.15, -0.1) is 0 Å². The van der Waals surface area contributed by atoms with E-state index in [1.165, 1.54) is 0 Å². The van der Waals surface area contributed by atoms with E-state index >= 15 is 0 Å². The quantitative estimate of drug-likeness (QED) is 0.490. The van der Waals surface area contributed by atoms with Crippen LogP contribution in [0.25, 0.3) is 11.1 Å². The van der Waals surface area contributed by atoms with Gasteiger partial charge in [-0.05, 0) is 55.2 Å². The lowest BCUT2D eigenvalue weighted by Crippen LogP contribution is -2.12. The van der Waals surface area contributed by atoms with E-state index in [1.54, 1.807) is 12.1 Å². The number of nitrogens with two attached hydrogens (primary N) is 2. The van der Waals surface area contributed by atoms with E-state index in [4.69, 9.17) is 16.7 Å². The fourth-order valence-corrected chi connectivity index (χ4v) is 2.85. The number of amides is 2. The van der Waals surface area contributed by atoms with Gasteiger partial charge in [0.1, 0.15) is 0 Å². The minimum absolute atomic E-state index is 0.0725. The predicted molar refractivity (Wildman–Crippen MR) is 107 cm³/mol. The summed E-state index contributed by atoms with van der Waals surface area (Å²) in [5, 5.41) is 11.9. The third-order valence-corrected chi connectivity index (χ3v) is 4.32. The fraction of sp³-hybridized carbons (Fsp3) is 0.286. The average molecular weight is 364 g/mol. The number of aryl methyl sites for hydroxylation is 1. The van der Waals surface area contributed by atoms with Crippen molar-refractivity contribution in [1.29, 1.82) is 5.26 Å². The number of hydrogen-bond acceptors (Lipinski definition) is 4. The second kappa shape index (κ2) is 9.39. The number of unbranched alkanes of at least 4 members (excludes halogenated alkanes) is 2. The lowest BCUT2D eigenvalue weighted by molar-refractivity contribution is -0.118. The van der Waals surface area contributed by atoms with Crippen LogP contribution in [0.5, 0.6) is 0 Å². The summed E-state index contributed by atoms with van der Waals surface area (Å²) in [6.45, 7) is 1.97. The van der Waals surface area contributed by atoms with Crippen molar-refractivity contribution in [3.63, 3.8) is 0 Å². The number of primary amides is 1. The SMILES string of the molecule is Cc1ccc(NC(=O)CCCCCC(N)=O)cc1-c1ccc(C#N)cc1N. The van der Waals surface area contributed by atoms with Crippen molar-refractivity contribution >= 4 is 23.2 Å². The van der Waals surface area contributed by atoms with Gasteiger partial charge in [0.2, 0.25) is 11.8 Å². The number of nitrogens with one attached hydrogen (secondary N) is 1. The minimum Gasteiger partial charge on any atom is -0.398 e. The van der Waals surface area contributed by atoms with Crippen LogP contribution < -0.4 is 16.8 Å². The van der Waals surface area contributed by atoms with Crippen LogP contribution in [-0.2, 0) is 9.59 Å². The van der Waals surface area contributed by atoms with Gasteiger partial charge in [0, 0.05) is 29.8 Å². The Labute approximate surface area is 159 Å². The lowest BCUT2D eigenvalue weighted by atomic mass is 9.97. The Balaban J connectivity index is 2.04. The number of nitriles is 1. The largest absolute Gasteiger partial charge is 0.398 e. The van der Waals surface area contributed by atoms with Crippen LogP contribution >= 0.6 is 0 Å². The average Bonchev–Trinajstić information content (AvgIpc) is 2.63. The molecule has 0 fully saturated rings. The number of nitrogen functional groups attached to an aromatic ring is 1. The van der Waals surface area contributed by atoms with E-state index in [1.807, 2.05) is 31.2 Å². The molecule has 2 rings (SSSR count). The Bertz CT molecular complexity index is 884. The number of nitrogens with zero attached hydrogens (tertiary/aromatic N) is 1. The van der Waals surface area contributed by atoms with E-state index in [0.717, 1.165) is 23.1 Å². The highest BCUT2D eigenvalue weighted by Gasteiger charge is 2.10. The van der Waals surface area contributed by atoms with E-state index in [9.17, 15) is 9.59 Å². The van der Waals surface area contributed by atoms with Crippen molar-refractivity contribution in [1.82, 2.24) is 0 Å². The number of hydrogen-bond donors (Lipinski definition) is 3. The molecule has 0 aromatic heterocycles. The molecule has 5 N–H and O–H groups in total. The highest BCUT2D eigenvalue weighted by molar-refractivity contribution is 5.92. The van der Waals surface area contributed by atoms with Crippen LogP contribution in [0.4, 0.5) is 11.4 Å². The standard InChI is InChI=1S/C21H24N4O2/c1-14-7-9-16(25-21(27)6-4-2-3-5-20(24)26)12-18(14)17-10-8-15(13-22)11-19(17)23/h7-12H,2-6,23H2,1H3,(H2,24,26)(H,25,27). The molecule has 0 atom stereocenters. The normalized spacial score (nSPS) is 10.2. The van der Waals surface area contributed by atoms with Gasteiger partial charge in [0.25, 0.3) is 0 Å². The zero-order valence-electron chi connectivity index (χ0n) is 15.4. The zero-order valence-corrected chi connectivity index (χ0v) is 15.4. The monoisotopic (exact) mass is 364 g/mol. The molecule has 0 unspecified atom stereocenters. The number of rotatable bonds is 8. The first-order valence-corrected chi connectivity index (χ1v) is 8.89.